The van der Waals surface area contributed by atoms with Crippen molar-refractivity contribution in [3.05, 3.63) is 48.0 Å². The lowest BCUT2D eigenvalue weighted by molar-refractivity contribution is -0.139. The average Bonchev–Trinajstić information content (AvgIpc) is 3.34. The Hall–Kier alpha value is -3.95. The third-order valence-electron chi connectivity index (χ3n) is 5.90. The Kier molecular flexibility index (Phi) is 7.36. The molecule has 3 N–H and O–H groups in total. The number of nitrogens with zero attached hydrogens (tertiary/aromatic N) is 1. The first-order valence-corrected chi connectivity index (χ1v) is 11.2. The van der Waals surface area contributed by atoms with E-state index in [1.165, 1.54) is 0 Å². The molecule has 180 valence electrons. The second-order valence-corrected chi connectivity index (χ2v) is 8.14. The third kappa shape index (κ3) is 5.69. The number of methoxy groups -OCH3 is 1. The fourth-order valence-corrected chi connectivity index (χ4v) is 3.91. The van der Waals surface area contributed by atoms with Crippen LogP contribution in [0.5, 0.6) is 17.2 Å². The first kappa shape index (κ1) is 23.2. The number of nitrogens with one attached hydrogen (secondary N) is 3. The van der Waals surface area contributed by atoms with Crippen LogP contribution in [0.15, 0.2) is 42.5 Å². The Balaban J connectivity index is 1.16. The number of likely N-dealkylation sites (tertiary alicyclic amines) is 1. The van der Waals surface area contributed by atoms with Crippen LogP contribution in [0.3, 0.4) is 0 Å². The summed E-state index contributed by atoms with van der Waals surface area (Å²) < 4.78 is 15.8. The summed E-state index contributed by atoms with van der Waals surface area (Å²) in [5, 5.41) is 8.19. The Morgan fingerprint density at radius 1 is 1.00 bits per heavy atom. The first-order valence-electron chi connectivity index (χ1n) is 11.2. The van der Waals surface area contributed by atoms with Gasteiger partial charge in [0.05, 0.1) is 12.8 Å². The summed E-state index contributed by atoms with van der Waals surface area (Å²) in [6.07, 6.45) is 1.47. The monoisotopic (exact) mass is 468 g/mol. The van der Waals surface area contributed by atoms with Gasteiger partial charge in [-0.3, -0.25) is 9.59 Å². The number of hydrogen-bond donors (Lipinski definition) is 3. The van der Waals surface area contributed by atoms with E-state index in [9.17, 15) is 14.4 Å². The Labute approximate surface area is 197 Å². The normalized spacial score (nSPS) is 14.9. The van der Waals surface area contributed by atoms with Crippen LogP contribution in [0, 0.1) is 5.92 Å². The Morgan fingerprint density at radius 2 is 1.74 bits per heavy atom. The highest BCUT2D eigenvalue weighted by Gasteiger charge is 2.24. The molecule has 1 saturated heterocycles. The molecule has 2 aliphatic rings. The molecule has 10 nitrogen and oxygen atoms in total. The maximum atomic E-state index is 12.6. The van der Waals surface area contributed by atoms with Crippen molar-refractivity contribution in [3.8, 4) is 17.2 Å². The molecule has 0 radical (unpaired) electrons. The van der Waals surface area contributed by atoms with Crippen molar-refractivity contribution in [3.63, 3.8) is 0 Å². The van der Waals surface area contributed by atoms with E-state index in [2.05, 4.69) is 16.0 Å². The Morgan fingerprint density at radius 3 is 2.53 bits per heavy atom. The lowest BCUT2D eigenvalue weighted by Gasteiger charge is -2.32. The molecule has 1 fully saturated rings. The molecule has 0 spiro atoms. The SMILES string of the molecule is COc1ccccc1NC(=O)N1CCC(CNC(=O)C(=O)NCc2ccc3c(c2)OCO3)CC1. The molecular weight excluding hydrogens is 440 g/mol. The zero-order valence-corrected chi connectivity index (χ0v) is 19.0. The summed E-state index contributed by atoms with van der Waals surface area (Å²) >= 11 is 0. The molecule has 0 bridgehead atoms. The van der Waals surface area contributed by atoms with Crippen LogP contribution < -0.4 is 30.2 Å². The van der Waals surface area contributed by atoms with Crippen molar-refractivity contribution in [1.82, 2.24) is 15.5 Å². The highest BCUT2D eigenvalue weighted by Crippen LogP contribution is 2.32. The smallest absolute Gasteiger partial charge is 0.321 e. The first-order chi connectivity index (χ1) is 16.5. The molecule has 4 rings (SSSR count). The molecule has 2 aromatic carbocycles. The maximum absolute atomic E-state index is 12.6. The van der Waals surface area contributed by atoms with Gasteiger partial charge in [0.25, 0.3) is 0 Å². The van der Waals surface area contributed by atoms with Gasteiger partial charge in [0.1, 0.15) is 5.75 Å². The molecular formula is C24H28N4O6. The van der Waals surface area contributed by atoms with Crippen LogP contribution >= 0.6 is 0 Å². The Bertz CT molecular complexity index is 1050. The van der Waals surface area contributed by atoms with Crippen LogP contribution in [0.25, 0.3) is 0 Å². The van der Waals surface area contributed by atoms with Gasteiger partial charge in [-0.2, -0.15) is 0 Å². The van der Waals surface area contributed by atoms with Gasteiger partial charge in [-0.15, -0.1) is 0 Å². The minimum absolute atomic E-state index is 0.179. The van der Waals surface area contributed by atoms with Crippen LogP contribution in [-0.2, 0) is 16.1 Å². The molecule has 0 aliphatic carbocycles. The average molecular weight is 469 g/mol. The lowest BCUT2D eigenvalue weighted by Crippen LogP contribution is -2.45. The van der Waals surface area contributed by atoms with Crippen molar-refractivity contribution < 1.29 is 28.6 Å². The molecule has 0 atom stereocenters. The number of urea groups is 1. The summed E-state index contributed by atoms with van der Waals surface area (Å²) in [6.45, 7) is 1.91. The molecule has 0 unspecified atom stereocenters. The number of piperidine rings is 1. The molecule has 0 saturated carbocycles. The molecule has 4 amide bonds. The third-order valence-corrected chi connectivity index (χ3v) is 5.90. The summed E-state index contributed by atoms with van der Waals surface area (Å²) in [7, 11) is 1.56. The van der Waals surface area contributed by atoms with E-state index < -0.39 is 11.8 Å². The second-order valence-electron chi connectivity index (χ2n) is 8.14. The van der Waals surface area contributed by atoms with Crippen LogP contribution in [0.1, 0.15) is 18.4 Å². The summed E-state index contributed by atoms with van der Waals surface area (Å²) in [6, 6.07) is 12.4. The summed E-state index contributed by atoms with van der Waals surface area (Å²) in [5.74, 6) is 0.727. The van der Waals surface area contributed by atoms with Gasteiger partial charge in [-0.05, 0) is 48.6 Å². The maximum Gasteiger partial charge on any atom is 0.321 e. The van der Waals surface area contributed by atoms with Gasteiger partial charge in [0, 0.05) is 26.2 Å². The van der Waals surface area contributed by atoms with E-state index >= 15 is 0 Å². The number of carbonyl (C=O) groups is 3. The second kappa shape index (κ2) is 10.8. The van der Waals surface area contributed by atoms with Crippen molar-refractivity contribution in [2.45, 2.75) is 19.4 Å². The summed E-state index contributed by atoms with van der Waals surface area (Å²) in [5.41, 5.74) is 1.43. The van der Waals surface area contributed by atoms with Gasteiger partial charge < -0.3 is 35.1 Å². The number of carbonyl (C=O) groups excluding carboxylic acids is 3. The number of fused-ring (bicyclic) bond motifs is 1. The molecule has 2 aliphatic heterocycles. The number of rotatable bonds is 6. The predicted octanol–water partition coefficient (Wildman–Crippen LogP) is 2.10. The van der Waals surface area contributed by atoms with Crippen LogP contribution in [-0.4, -0.2) is 56.3 Å². The zero-order valence-electron chi connectivity index (χ0n) is 19.0. The molecule has 0 aromatic heterocycles. The van der Waals surface area contributed by atoms with Gasteiger partial charge in [-0.25, -0.2) is 4.79 Å². The minimum atomic E-state index is -0.689. The van der Waals surface area contributed by atoms with Crippen molar-refractivity contribution >= 4 is 23.5 Å². The van der Waals surface area contributed by atoms with E-state index in [4.69, 9.17) is 14.2 Å². The van der Waals surface area contributed by atoms with Crippen molar-refractivity contribution in [2.24, 2.45) is 5.92 Å². The lowest BCUT2D eigenvalue weighted by atomic mass is 9.97. The fraction of sp³-hybridized carbons (Fsp3) is 0.375. The highest BCUT2D eigenvalue weighted by atomic mass is 16.7. The van der Waals surface area contributed by atoms with Gasteiger partial charge in [0.15, 0.2) is 11.5 Å². The minimum Gasteiger partial charge on any atom is -0.495 e. The van der Waals surface area contributed by atoms with Gasteiger partial charge in [0.2, 0.25) is 6.79 Å². The number of hydrogen-bond acceptors (Lipinski definition) is 6. The number of benzene rings is 2. The van der Waals surface area contributed by atoms with Crippen molar-refractivity contribution in [2.75, 3.05) is 38.9 Å². The largest absolute Gasteiger partial charge is 0.495 e. The van der Waals surface area contributed by atoms with E-state index in [-0.39, 0.29) is 25.3 Å². The predicted molar refractivity (Wildman–Crippen MR) is 124 cm³/mol. The van der Waals surface area contributed by atoms with E-state index in [0.29, 0.717) is 42.6 Å². The molecule has 34 heavy (non-hydrogen) atoms. The van der Waals surface area contributed by atoms with Gasteiger partial charge in [-0.1, -0.05) is 18.2 Å². The number of anilines is 1. The molecule has 2 aromatic rings. The van der Waals surface area contributed by atoms with Gasteiger partial charge >= 0.3 is 17.8 Å². The number of amides is 4. The van der Waals surface area contributed by atoms with Crippen LogP contribution in [0.4, 0.5) is 10.5 Å². The van der Waals surface area contributed by atoms with Crippen molar-refractivity contribution in [1.29, 1.82) is 0 Å². The van der Waals surface area contributed by atoms with Crippen LogP contribution in [0.2, 0.25) is 0 Å². The van der Waals surface area contributed by atoms with E-state index in [0.717, 1.165) is 18.4 Å². The number of para-hydroxylation sites is 2. The highest BCUT2D eigenvalue weighted by molar-refractivity contribution is 6.35. The quantitative estimate of drug-likeness (QED) is 0.559. The van der Waals surface area contributed by atoms with E-state index in [1.807, 2.05) is 18.2 Å². The standard InChI is InChI=1S/C24H28N4O6/c1-32-19-5-3-2-4-18(19)27-24(31)28-10-8-16(9-11-28)13-25-22(29)23(30)26-14-17-6-7-20-21(12-17)34-15-33-20/h2-7,12,16H,8-11,13-15H2,1H3,(H,25,29)(H,26,30)(H,27,31). The molecule has 10 heteroatoms. The zero-order chi connectivity index (χ0) is 23.9. The topological polar surface area (TPSA) is 118 Å². The van der Waals surface area contributed by atoms with E-state index in [1.54, 1.807) is 36.3 Å². The molecule has 2 heterocycles. The summed E-state index contributed by atoms with van der Waals surface area (Å²) in [4.78, 5) is 38.6. The fourth-order valence-electron chi connectivity index (χ4n) is 3.91. The number of ether oxygens (including phenoxy) is 3.